The topological polar surface area (TPSA) is 78.1 Å². The lowest BCUT2D eigenvalue weighted by atomic mass is 9.64. The quantitative estimate of drug-likeness (QED) is 0.486. The van der Waals surface area contributed by atoms with Gasteiger partial charge in [0.05, 0.1) is 0 Å². The standard InChI is InChI=1S/C9H21N3/c1-8(2)4-6(10)5-9(3,12)7(8)11/h6-7H,4-5,10-12H2,1-3H3. The molecule has 0 aromatic rings. The van der Waals surface area contributed by atoms with E-state index in [1.165, 1.54) is 0 Å². The van der Waals surface area contributed by atoms with E-state index in [0.717, 1.165) is 12.8 Å². The number of nitrogens with two attached hydrogens (primary N) is 3. The Morgan fingerprint density at radius 2 is 1.58 bits per heavy atom. The van der Waals surface area contributed by atoms with Crippen molar-refractivity contribution in [3.05, 3.63) is 0 Å². The van der Waals surface area contributed by atoms with Gasteiger partial charge in [-0.05, 0) is 25.2 Å². The van der Waals surface area contributed by atoms with E-state index in [-0.39, 0.29) is 23.0 Å². The second-order valence-electron chi connectivity index (χ2n) is 5.14. The molecule has 0 amide bonds. The van der Waals surface area contributed by atoms with Crippen LogP contribution in [0.3, 0.4) is 0 Å². The van der Waals surface area contributed by atoms with Gasteiger partial charge in [-0.2, -0.15) is 0 Å². The van der Waals surface area contributed by atoms with E-state index in [9.17, 15) is 0 Å². The van der Waals surface area contributed by atoms with Gasteiger partial charge in [-0.15, -0.1) is 0 Å². The molecule has 0 aromatic carbocycles. The van der Waals surface area contributed by atoms with Crippen molar-refractivity contribution in [1.29, 1.82) is 0 Å². The van der Waals surface area contributed by atoms with Crippen molar-refractivity contribution in [2.45, 2.75) is 51.2 Å². The van der Waals surface area contributed by atoms with Crippen LogP contribution in [0, 0.1) is 5.41 Å². The van der Waals surface area contributed by atoms with Gasteiger partial charge in [0.15, 0.2) is 0 Å². The summed E-state index contributed by atoms with van der Waals surface area (Å²) in [7, 11) is 0. The minimum atomic E-state index is -0.304. The maximum absolute atomic E-state index is 6.08. The van der Waals surface area contributed by atoms with Crippen molar-refractivity contribution < 1.29 is 0 Å². The first-order valence-electron chi connectivity index (χ1n) is 4.56. The molecule has 1 aliphatic carbocycles. The Morgan fingerprint density at radius 1 is 1.08 bits per heavy atom. The Kier molecular flexibility index (Phi) is 2.23. The van der Waals surface area contributed by atoms with Gasteiger partial charge in [0.25, 0.3) is 0 Å². The minimum absolute atomic E-state index is 0.0461. The molecule has 1 saturated carbocycles. The summed E-state index contributed by atoms with van der Waals surface area (Å²) in [6.45, 7) is 6.28. The summed E-state index contributed by atoms with van der Waals surface area (Å²) in [6, 6.07) is 0.250. The summed E-state index contributed by atoms with van der Waals surface area (Å²) in [5, 5.41) is 0. The van der Waals surface area contributed by atoms with Crippen LogP contribution in [0.25, 0.3) is 0 Å². The highest BCUT2D eigenvalue weighted by molar-refractivity contribution is 5.05. The molecule has 0 aliphatic heterocycles. The van der Waals surface area contributed by atoms with Crippen LogP contribution in [0.2, 0.25) is 0 Å². The Bertz CT molecular complexity index is 157. The highest BCUT2D eigenvalue weighted by Gasteiger charge is 2.44. The molecular weight excluding hydrogens is 150 g/mol. The Balaban J connectivity index is 2.84. The molecule has 1 fully saturated rings. The fourth-order valence-corrected chi connectivity index (χ4v) is 2.46. The smallest absolute Gasteiger partial charge is 0.0299 e. The first-order chi connectivity index (χ1) is 5.26. The molecule has 1 rings (SSSR count). The third-order valence-electron chi connectivity index (χ3n) is 3.04. The van der Waals surface area contributed by atoms with E-state index in [0.29, 0.717) is 0 Å². The second-order valence-corrected chi connectivity index (χ2v) is 5.14. The predicted octanol–water partition coefficient (Wildman–Crippen LogP) is 0.178. The molecule has 0 radical (unpaired) electrons. The summed E-state index contributed by atoms with van der Waals surface area (Å²) in [5.74, 6) is 0. The van der Waals surface area contributed by atoms with E-state index < -0.39 is 0 Å². The summed E-state index contributed by atoms with van der Waals surface area (Å²) in [4.78, 5) is 0. The first-order valence-corrected chi connectivity index (χ1v) is 4.56. The molecule has 72 valence electrons. The molecule has 3 atom stereocenters. The van der Waals surface area contributed by atoms with Crippen molar-refractivity contribution in [3.63, 3.8) is 0 Å². The molecule has 0 aromatic heterocycles. The molecule has 12 heavy (non-hydrogen) atoms. The zero-order valence-corrected chi connectivity index (χ0v) is 8.30. The molecule has 3 heteroatoms. The SMILES string of the molecule is CC1(C)CC(N)CC(C)(N)C1N. The molecular formula is C9H21N3. The highest BCUT2D eigenvalue weighted by Crippen LogP contribution is 2.37. The molecule has 3 nitrogen and oxygen atoms in total. The normalized spacial score (nSPS) is 47.5. The van der Waals surface area contributed by atoms with E-state index >= 15 is 0 Å². The largest absolute Gasteiger partial charge is 0.328 e. The van der Waals surface area contributed by atoms with Gasteiger partial charge in [-0.1, -0.05) is 13.8 Å². The molecule has 0 heterocycles. The van der Waals surface area contributed by atoms with Crippen LogP contribution in [-0.2, 0) is 0 Å². The fourth-order valence-electron chi connectivity index (χ4n) is 2.46. The van der Waals surface area contributed by atoms with Crippen LogP contribution in [-0.4, -0.2) is 17.6 Å². The second kappa shape index (κ2) is 2.69. The van der Waals surface area contributed by atoms with E-state index in [2.05, 4.69) is 13.8 Å². The van der Waals surface area contributed by atoms with E-state index in [4.69, 9.17) is 17.2 Å². The van der Waals surface area contributed by atoms with Crippen molar-refractivity contribution >= 4 is 0 Å². The van der Waals surface area contributed by atoms with Crippen LogP contribution >= 0.6 is 0 Å². The minimum Gasteiger partial charge on any atom is -0.328 e. The fraction of sp³-hybridized carbons (Fsp3) is 1.00. The van der Waals surface area contributed by atoms with Gasteiger partial charge in [0, 0.05) is 17.6 Å². The van der Waals surface area contributed by atoms with E-state index in [1.807, 2.05) is 6.92 Å². The van der Waals surface area contributed by atoms with Crippen LogP contribution in [0.4, 0.5) is 0 Å². The van der Waals surface area contributed by atoms with Crippen LogP contribution < -0.4 is 17.2 Å². The Hall–Kier alpha value is -0.120. The molecule has 3 unspecified atom stereocenters. The maximum Gasteiger partial charge on any atom is 0.0299 e. The first kappa shape index (κ1) is 9.96. The molecule has 6 N–H and O–H groups in total. The monoisotopic (exact) mass is 171 g/mol. The van der Waals surface area contributed by atoms with Crippen LogP contribution in [0.15, 0.2) is 0 Å². The van der Waals surface area contributed by atoms with Gasteiger partial charge in [0.2, 0.25) is 0 Å². The summed E-state index contributed by atoms with van der Waals surface area (Å²) >= 11 is 0. The van der Waals surface area contributed by atoms with Gasteiger partial charge in [-0.3, -0.25) is 0 Å². The predicted molar refractivity (Wildman–Crippen MR) is 51.6 cm³/mol. The highest BCUT2D eigenvalue weighted by atomic mass is 14.9. The van der Waals surface area contributed by atoms with Crippen LogP contribution in [0.5, 0.6) is 0 Å². The Morgan fingerprint density at radius 3 is 2.00 bits per heavy atom. The van der Waals surface area contributed by atoms with Crippen molar-refractivity contribution in [2.75, 3.05) is 0 Å². The number of hydrogen-bond acceptors (Lipinski definition) is 3. The molecule has 0 spiro atoms. The van der Waals surface area contributed by atoms with Gasteiger partial charge in [0.1, 0.15) is 0 Å². The zero-order chi connectivity index (χ0) is 9.57. The molecule has 1 aliphatic rings. The summed E-state index contributed by atoms with van der Waals surface area (Å²) in [6.07, 6.45) is 1.80. The third kappa shape index (κ3) is 1.63. The van der Waals surface area contributed by atoms with E-state index in [1.54, 1.807) is 0 Å². The van der Waals surface area contributed by atoms with Gasteiger partial charge in [-0.25, -0.2) is 0 Å². The molecule has 0 saturated heterocycles. The lowest BCUT2D eigenvalue weighted by Crippen LogP contribution is -2.65. The number of hydrogen-bond donors (Lipinski definition) is 3. The van der Waals surface area contributed by atoms with Crippen molar-refractivity contribution in [2.24, 2.45) is 22.6 Å². The summed E-state index contributed by atoms with van der Waals surface area (Å²) < 4.78 is 0. The Labute approximate surface area is 74.7 Å². The maximum atomic E-state index is 6.08. The summed E-state index contributed by atoms with van der Waals surface area (Å²) in [5.41, 5.74) is 17.8. The van der Waals surface area contributed by atoms with Crippen molar-refractivity contribution in [3.8, 4) is 0 Å². The van der Waals surface area contributed by atoms with Crippen molar-refractivity contribution in [1.82, 2.24) is 0 Å². The zero-order valence-electron chi connectivity index (χ0n) is 8.30. The third-order valence-corrected chi connectivity index (χ3v) is 3.04. The average Bonchev–Trinajstić information content (AvgIpc) is 1.80. The van der Waals surface area contributed by atoms with Gasteiger partial charge < -0.3 is 17.2 Å². The lowest BCUT2D eigenvalue weighted by molar-refractivity contribution is 0.108. The van der Waals surface area contributed by atoms with Crippen LogP contribution in [0.1, 0.15) is 33.6 Å². The number of rotatable bonds is 0. The molecule has 0 bridgehead atoms. The van der Waals surface area contributed by atoms with Gasteiger partial charge >= 0.3 is 0 Å². The lowest BCUT2D eigenvalue weighted by Gasteiger charge is -2.49. The average molecular weight is 171 g/mol.